The Balaban J connectivity index is 1.72. The highest BCUT2D eigenvalue weighted by atomic mass is 16.3. The summed E-state index contributed by atoms with van der Waals surface area (Å²) < 4.78 is 1.95. The van der Waals surface area contributed by atoms with Crippen LogP contribution in [0.15, 0.2) is 6.20 Å². The van der Waals surface area contributed by atoms with Crippen LogP contribution >= 0.6 is 0 Å². The first-order chi connectivity index (χ1) is 10.6. The molecule has 2 heterocycles. The minimum Gasteiger partial charge on any atom is -0.396 e. The van der Waals surface area contributed by atoms with Gasteiger partial charge in [0.15, 0.2) is 0 Å². The summed E-state index contributed by atoms with van der Waals surface area (Å²) in [5, 5.41) is 17.2. The Labute approximate surface area is 134 Å². The third kappa shape index (κ3) is 5.36. The van der Waals surface area contributed by atoms with Gasteiger partial charge >= 0.3 is 0 Å². The van der Waals surface area contributed by atoms with Crippen LogP contribution in [0, 0.1) is 11.8 Å². The van der Waals surface area contributed by atoms with E-state index in [0.717, 1.165) is 18.2 Å². The Morgan fingerprint density at radius 3 is 2.59 bits per heavy atom. The molecule has 0 aromatic carbocycles. The molecule has 5 nitrogen and oxygen atoms in total. The maximum atomic E-state index is 8.93. The quantitative estimate of drug-likeness (QED) is 0.801. The van der Waals surface area contributed by atoms with Crippen molar-refractivity contribution in [2.24, 2.45) is 11.8 Å². The van der Waals surface area contributed by atoms with Crippen molar-refractivity contribution in [1.29, 1.82) is 0 Å². The molecule has 1 saturated heterocycles. The van der Waals surface area contributed by atoms with Gasteiger partial charge in [0, 0.05) is 31.8 Å². The van der Waals surface area contributed by atoms with Crippen molar-refractivity contribution in [2.75, 3.05) is 19.7 Å². The summed E-state index contributed by atoms with van der Waals surface area (Å²) in [6.07, 6.45) is 7.73. The van der Waals surface area contributed by atoms with E-state index < -0.39 is 0 Å². The van der Waals surface area contributed by atoms with Crippen LogP contribution in [0.2, 0.25) is 0 Å². The van der Waals surface area contributed by atoms with E-state index >= 15 is 0 Å². The van der Waals surface area contributed by atoms with E-state index in [1.54, 1.807) is 0 Å². The molecule has 5 heteroatoms. The molecular formula is C17H32N4O. The average molecular weight is 308 g/mol. The number of nitrogens with zero attached hydrogens (tertiary/aromatic N) is 4. The van der Waals surface area contributed by atoms with Crippen LogP contribution in [0.25, 0.3) is 0 Å². The molecule has 1 aromatic heterocycles. The molecule has 0 radical (unpaired) electrons. The minimum absolute atomic E-state index is 0.144. The first-order valence-electron chi connectivity index (χ1n) is 8.82. The smallest absolute Gasteiger partial charge is 0.0849 e. The topological polar surface area (TPSA) is 54.2 Å². The predicted octanol–water partition coefficient (Wildman–Crippen LogP) is 2.35. The molecule has 22 heavy (non-hydrogen) atoms. The van der Waals surface area contributed by atoms with E-state index in [1.165, 1.54) is 38.8 Å². The normalized spacial score (nSPS) is 19.0. The number of rotatable bonds is 8. The summed E-state index contributed by atoms with van der Waals surface area (Å²) in [7, 11) is 0. The van der Waals surface area contributed by atoms with Crippen LogP contribution in [0.1, 0.15) is 52.1 Å². The van der Waals surface area contributed by atoms with Gasteiger partial charge in [-0.3, -0.25) is 4.68 Å². The standard InChI is InChI=1S/C17H32N4O/c1-14(2)4-5-15(3)20-9-6-16(7-10-20)12-21-13-17(8-11-22)18-19-21/h13-16,22H,4-12H2,1-3H3/t15-/m1/s1. The third-order valence-electron chi connectivity index (χ3n) is 4.83. The predicted molar refractivity (Wildman–Crippen MR) is 88.6 cm³/mol. The molecule has 1 aromatic rings. The van der Waals surface area contributed by atoms with Crippen LogP contribution in [-0.4, -0.2) is 50.7 Å². The summed E-state index contributed by atoms with van der Waals surface area (Å²) >= 11 is 0. The van der Waals surface area contributed by atoms with E-state index in [2.05, 4.69) is 36.0 Å². The van der Waals surface area contributed by atoms with Gasteiger partial charge in [-0.1, -0.05) is 19.1 Å². The maximum Gasteiger partial charge on any atom is 0.0849 e. The van der Waals surface area contributed by atoms with Crippen LogP contribution < -0.4 is 0 Å². The molecule has 1 aliphatic heterocycles. The second kappa shape index (κ2) is 8.63. The number of aromatic nitrogens is 3. The van der Waals surface area contributed by atoms with E-state index in [4.69, 9.17) is 5.11 Å². The average Bonchev–Trinajstić information content (AvgIpc) is 2.93. The number of aliphatic hydroxyl groups excluding tert-OH is 1. The van der Waals surface area contributed by atoms with Crippen molar-refractivity contribution in [3.8, 4) is 0 Å². The van der Waals surface area contributed by atoms with Gasteiger partial charge < -0.3 is 10.0 Å². The Hall–Kier alpha value is -0.940. The van der Waals surface area contributed by atoms with Gasteiger partial charge in [-0.05, 0) is 57.5 Å². The number of piperidine rings is 1. The summed E-state index contributed by atoms with van der Waals surface area (Å²) in [6.45, 7) is 10.5. The van der Waals surface area contributed by atoms with Crippen LogP contribution in [0.4, 0.5) is 0 Å². The highest BCUT2D eigenvalue weighted by molar-refractivity contribution is 4.92. The molecule has 1 fully saturated rings. The zero-order valence-corrected chi connectivity index (χ0v) is 14.4. The van der Waals surface area contributed by atoms with Crippen molar-refractivity contribution in [3.05, 3.63) is 11.9 Å². The molecule has 2 rings (SSSR count). The number of likely N-dealkylation sites (tertiary alicyclic amines) is 1. The van der Waals surface area contributed by atoms with Gasteiger partial charge in [0.2, 0.25) is 0 Å². The van der Waals surface area contributed by atoms with Gasteiger partial charge in [0.05, 0.1) is 5.69 Å². The Morgan fingerprint density at radius 1 is 1.23 bits per heavy atom. The van der Waals surface area contributed by atoms with Gasteiger partial charge in [0.1, 0.15) is 0 Å². The monoisotopic (exact) mass is 308 g/mol. The van der Waals surface area contributed by atoms with E-state index in [9.17, 15) is 0 Å². The molecule has 1 aliphatic rings. The molecule has 0 amide bonds. The largest absolute Gasteiger partial charge is 0.396 e. The first kappa shape index (κ1) is 17.4. The summed E-state index contributed by atoms with van der Waals surface area (Å²) in [4.78, 5) is 2.65. The fourth-order valence-corrected chi connectivity index (χ4v) is 3.25. The van der Waals surface area contributed by atoms with E-state index in [-0.39, 0.29) is 6.61 Å². The second-order valence-corrected chi connectivity index (χ2v) is 7.21. The molecule has 126 valence electrons. The SMILES string of the molecule is CC(C)CC[C@@H](C)N1CCC(Cn2cc(CCO)nn2)CC1. The zero-order valence-electron chi connectivity index (χ0n) is 14.4. The molecule has 0 bridgehead atoms. The van der Waals surface area contributed by atoms with Gasteiger partial charge in [0.25, 0.3) is 0 Å². The third-order valence-corrected chi connectivity index (χ3v) is 4.83. The van der Waals surface area contributed by atoms with Crippen molar-refractivity contribution < 1.29 is 5.11 Å². The van der Waals surface area contributed by atoms with Crippen molar-refractivity contribution in [3.63, 3.8) is 0 Å². The molecule has 1 atom stereocenters. The van der Waals surface area contributed by atoms with Crippen molar-refractivity contribution in [2.45, 2.75) is 65.5 Å². The Bertz CT molecular complexity index is 424. The van der Waals surface area contributed by atoms with Crippen molar-refractivity contribution >= 4 is 0 Å². The summed E-state index contributed by atoms with van der Waals surface area (Å²) in [5.74, 6) is 1.51. The number of aliphatic hydroxyl groups is 1. The number of hydrogen-bond acceptors (Lipinski definition) is 4. The highest BCUT2D eigenvalue weighted by Gasteiger charge is 2.23. The lowest BCUT2D eigenvalue weighted by molar-refractivity contribution is 0.123. The lowest BCUT2D eigenvalue weighted by Gasteiger charge is -2.36. The highest BCUT2D eigenvalue weighted by Crippen LogP contribution is 2.22. The fraction of sp³-hybridized carbons (Fsp3) is 0.882. The molecular weight excluding hydrogens is 276 g/mol. The van der Waals surface area contributed by atoms with Crippen LogP contribution in [0.3, 0.4) is 0 Å². The zero-order chi connectivity index (χ0) is 15.9. The lowest BCUT2D eigenvalue weighted by Crippen LogP contribution is -2.40. The maximum absolute atomic E-state index is 8.93. The molecule has 1 N–H and O–H groups in total. The molecule has 0 unspecified atom stereocenters. The van der Waals surface area contributed by atoms with E-state index in [0.29, 0.717) is 18.4 Å². The van der Waals surface area contributed by atoms with Crippen LogP contribution in [-0.2, 0) is 13.0 Å². The second-order valence-electron chi connectivity index (χ2n) is 7.21. The van der Waals surface area contributed by atoms with E-state index in [1.807, 2.05) is 10.9 Å². The summed E-state index contributed by atoms with van der Waals surface area (Å²) in [5.41, 5.74) is 0.891. The molecule has 0 spiro atoms. The van der Waals surface area contributed by atoms with Crippen molar-refractivity contribution in [1.82, 2.24) is 19.9 Å². The lowest BCUT2D eigenvalue weighted by atomic mass is 9.94. The fourth-order valence-electron chi connectivity index (χ4n) is 3.25. The van der Waals surface area contributed by atoms with Gasteiger partial charge in [-0.25, -0.2) is 0 Å². The Morgan fingerprint density at radius 2 is 1.95 bits per heavy atom. The number of hydrogen-bond donors (Lipinski definition) is 1. The minimum atomic E-state index is 0.144. The molecule has 0 aliphatic carbocycles. The van der Waals surface area contributed by atoms with Gasteiger partial charge in [-0.2, -0.15) is 0 Å². The first-order valence-corrected chi connectivity index (χ1v) is 8.82. The van der Waals surface area contributed by atoms with Gasteiger partial charge in [-0.15, -0.1) is 5.10 Å². The van der Waals surface area contributed by atoms with Crippen LogP contribution in [0.5, 0.6) is 0 Å². The summed E-state index contributed by atoms with van der Waals surface area (Å²) in [6, 6.07) is 0.714. The Kier molecular flexibility index (Phi) is 6.83. The molecule has 0 saturated carbocycles.